The monoisotopic (exact) mass is 230 g/mol. The average Bonchev–Trinajstić information content (AvgIpc) is 2.39. The fourth-order valence-electron chi connectivity index (χ4n) is 3.06. The third-order valence-electron chi connectivity index (χ3n) is 4.24. The largest absolute Gasteiger partial charge is 0.371 e. The second-order valence-corrected chi connectivity index (χ2v) is 5.51. The van der Waals surface area contributed by atoms with Gasteiger partial charge in [0.05, 0.1) is 0 Å². The summed E-state index contributed by atoms with van der Waals surface area (Å²) in [5.41, 5.74) is 4.61. The van der Waals surface area contributed by atoms with Gasteiger partial charge in [-0.1, -0.05) is 19.1 Å². The summed E-state index contributed by atoms with van der Waals surface area (Å²) >= 11 is 0. The molecule has 3 rings (SSSR count). The van der Waals surface area contributed by atoms with E-state index in [0.717, 1.165) is 19.0 Å². The molecule has 2 aliphatic heterocycles. The highest BCUT2D eigenvalue weighted by Gasteiger charge is 2.20. The van der Waals surface area contributed by atoms with E-state index in [1.165, 1.54) is 43.6 Å². The minimum atomic E-state index is 0.910. The van der Waals surface area contributed by atoms with Crippen LogP contribution in [0.4, 0.5) is 5.69 Å². The van der Waals surface area contributed by atoms with Gasteiger partial charge in [-0.2, -0.15) is 0 Å². The molecule has 2 nitrogen and oxygen atoms in total. The molecular formula is C15H22N2. The van der Waals surface area contributed by atoms with Crippen molar-refractivity contribution in [1.29, 1.82) is 0 Å². The first-order chi connectivity index (χ1) is 8.34. The maximum Gasteiger partial charge on any atom is 0.0402 e. The summed E-state index contributed by atoms with van der Waals surface area (Å²) in [4.78, 5) is 2.60. The molecule has 17 heavy (non-hydrogen) atoms. The summed E-state index contributed by atoms with van der Waals surface area (Å²) in [6, 6.07) is 6.82. The molecule has 1 aromatic carbocycles. The van der Waals surface area contributed by atoms with Crippen molar-refractivity contribution in [3.8, 4) is 0 Å². The maximum absolute atomic E-state index is 3.46. The third kappa shape index (κ3) is 2.19. The molecule has 92 valence electrons. The van der Waals surface area contributed by atoms with Gasteiger partial charge in [0.1, 0.15) is 0 Å². The number of nitrogens with one attached hydrogen (secondary N) is 1. The summed E-state index contributed by atoms with van der Waals surface area (Å²) in [6.07, 6.45) is 3.89. The van der Waals surface area contributed by atoms with Gasteiger partial charge in [0, 0.05) is 25.3 Å². The van der Waals surface area contributed by atoms with Crippen molar-refractivity contribution >= 4 is 5.69 Å². The number of nitrogens with zero attached hydrogens (tertiary/aromatic N) is 1. The van der Waals surface area contributed by atoms with Crippen molar-refractivity contribution in [1.82, 2.24) is 5.32 Å². The summed E-state index contributed by atoms with van der Waals surface area (Å²) in [5, 5.41) is 3.46. The van der Waals surface area contributed by atoms with Crippen molar-refractivity contribution in [2.75, 3.05) is 24.5 Å². The van der Waals surface area contributed by atoms with E-state index in [1.807, 2.05) is 0 Å². The SMILES string of the molecule is CC1CCN(c2cccc3c2CCNC3)CC1. The lowest BCUT2D eigenvalue weighted by molar-refractivity contribution is 0.437. The number of fused-ring (bicyclic) bond motifs is 1. The Morgan fingerprint density at radius 1 is 1.24 bits per heavy atom. The van der Waals surface area contributed by atoms with Gasteiger partial charge in [-0.05, 0) is 48.9 Å². The van der Waals surface area contributed by atoms with Crippen molar-refractivity contribution in [2.45, 2.75) is 32.7 Å². The van der Waals surface area contributed by atoms with Crippen molar-refractivity contribution < 1.29 is 0 Å². The average molecular weight is 230 g/mol. The number of anilines is 1. The van der Waals surface area contributed by atoms with Gasteiger partial charge >= 0.3 is 0 Å². The molecule has 0 aromatic heterocycles. The van der Waals surface area contributed by atoms with Crippen LogP contribution in [0.25, 0.3) is 0 Å². The lowest BCUT2D eigenvalue weighted by Gasteiger charge is -2.35. The lowest BCUT2D eigenvalue weighted by Crippen LogP contribution is -2.35. The Morgan fingerprint density at radius 2 is 2.06 bits per heavy atom. The van der Waals surface area contributed by atoms with E-state index in [1.54, 1.807) is 5.56 Å². The third-order valence-corrected chi connectivity index (χ3v) is 4.24. The van der Waals surface area contributed by atoms with Gasteiger partial charge in [-0.3, -0.25) is 0 Å². The van der Waals surface area contributed by atoms with Crippen LogP contribution >= 0.6 is 0 Å². The van der Waals surface area contributed by atoms with Crippen LogP contribution in [-0.2, 0) is 13.0 Å². The molecule has 1 N–H and O–H groups in total. The normalized spacial score (nSPS) is 21.4. The Balaban J connectivity index is 1.87. The van der Waals surface area contributed by atoms with Crippen LogP contribution in [0.1, 0.15) is 30.9 Å². The summed E-state index contributed by atoms with van der Waals surface area (Å²) < 4.78 is 0. The molecule has 1 fully saturated rings. The van der Waals surface area contributed by atoms with Crippen LogP contribution in [0.2, 0.25) is 0 Å². The second-order valence-electron chi connectivity index (χ2n) is 5.51. The molecule has 0 saturated carbocycles. The van der Waals surface area contributed by atoms with Gasteiger partial charge in [0.25, 0.3) is 0 Å². The zero-order valence-electron chi connectivity index (χ0n) is 10.7. The number of piperidine rings is 1. The molecule has 0 atom stereocenters. The predicted octanol–water partition coefficient (Wildman–Crippen LogP) is 2.57. The van der Waals surface area contributed by atoms with Crippen molar-refractivity contribution in [3.63, 3.8) is 0 Å². The first-order valence-electron chi connectivity index (χ1n) is 6.91. The van der Waals surface area contributed by atoms with Gasteiger partial charge in [0.15, 0.2) is 0 Å². The molecular weight excluding hydrogens is 208 g/mol. The molecule has 0 aliphatic carbocycles. The molecule has 2 heterocycles. The Bertz CT molecular complexity index is 392. The number of hydrogen-bond donors (Lipinski definition) is 1. The van der Waals surface area contributed by atoms with Crippen LogP contribution in [-0.4, -0.2) is 19.6 Å². The van der Waals surface area contributed by atoms with E-state index in [9.17, 15) is 0 Å². The molecule has 0 spiro atoms. The first-order valence-corrected chi connectivity index (χ1v) is 6.91. The maximum atomic E-state index is 3.46. The molecule has 2 heteroatoms. The smallest absolute Gasteiger partial charge is 0.0402 e. The van der Waals surface area contributed by atoms with Gasteiger partial charge in [-0.25, -0.2) is 0 Å². The number of hydrogen-bond acceptors (Lipinski definition) is 2. The van der Waals surface area contributed by atoms with Crippen LogP contribution in [0.15, 0.2) is 18.2 Å². The topological polar surface area (TPSA) is 15.3 Å². The molecule has 0 amide bonds. The highest BCUT2D eigenvalue weighted by molar-refractivity contribution is 5.58. The standard InChI is InChI=1S/C15H22N2/c1-12-6-9-17(10-7-12)15-4-2-3-13-11-16-8-5-14(13)15/h2-4,12,16H,5-11H2,1H3. The van der Waals surface area contributed by atoms with Crippen LogP contribution < -0.4 is 10.2 Å². The Labute approximate surface area is 104 Å². The van der Waals surface area contributed by atoms with E-state index in [4.69, 9.17) is 0 Å². The molecule has 0 bridgehead atoms. The minimum absolute atomic E-state index is 0.910. The minimum Gasteiger partial charge on any atom is -0.371 e. The fraction of sp³-hybridized carbons (Fsp3) is 0.600. The summed E-state index contributed by atoms with van der Waals surface area (Å²) in [5.74, 6) is 0.910. The van der Waals surface area contributed by atoms with E-state index in [-0.39, 0.29) is 0 Å². The predicted molar refractivity (Wildman–Crippen MR) is 72.5 cm³/mol. The molecule has 1 aromatic rings. The summed E-state index contributed by atoms with van der Waals surface area (Å²) in [6.45, 7) is 7.04. The van der Waals surface area contributed by atoms with Crippen LogP contribution in [0.5, 0.6) is 0 Å². The highest BCUT2D eigenvalue weighted by Crippen LogP contribution is 2.29. The van der Waals surface area contributed by atoms with E-state index >= 15 is 0 Å². The first kappa shape index (κ1) is 11.1. The van der Waals surface area contributed by atoms with E-state index in [0.29, 0.717) is 0 Å². The number of benzene rings is 1. The Morgan fingerprint density at radius 3 is 2.88 bits per heavy atom. The van der Waals surface area contributed by atoms with Crippen molar-refractivity contribution in [2.24, 2.45) is 5.92 Å². The summed E-state index contributed by atoms with van der Waals surface area (Å²) in [7, 11) is 0. The van der Waals surface area contributed by atoms with Crippen LogP contribution in [0.3, 0.4) is 0 Å². The zero-order chi connectivity index (χ0) is 11.7. The molecule has 1 saturated heterocycles. The Hall–Kier alpha value is -1.02. The second kappa shape index (κ2) is 4.69. The van der Waals surface area contributed by atoms with E-state index < -0.39 is 0 Å². The molecule has 0 radical (unpaired) electrons. The highest BCUT2D eigenvalue weighted by atomic mass is 15.1. The van der Waals surface area contributed by atoms with Gasteiger partial charge < -0.3 is 10.2 Å². The Kier molecular flexibility index (Phi) is 3.06. The van der Waals surface area contributed by atoms with Crippen LogP contribution in [0, 0.1) is 5.92 Å². The van der Waals surface area contributed by atoms with E-state index in [2.05, 4.69) is 35.3 Å². The number of rotatable bonds is 1. The quantitative estimate of drug-likeness (QED) is 0.797. The fourth-order valence-corrected chi connectivity index (χ4v) is 3.06. The van der Waals surface area contributed by atoms with Gasteiger partial charge in [-0.15, -0.1) is 0 Å². The molecule has 2 aliphatic rings. The molecule has 0 unspecified atom stereocenters. The van der Waals surface area contributed by atoms with Crippen molar-refractivity contribution in [3.05, 3.63) is 29.3 Å². The lowest BCUT2D eigenvalue weighted by atomic mass is 9.95. The van der Waals surface area contributed by atoms with Gasteiger partial charge in [0.2, 0.25) is 0 Å². The zero-order valence-corrected chi connectivity index (χ0v) is 10.7.